The normalized spacial score (nSPS) is 20.4. The third kappa shape index (κ3) is 4.46. The first-order chi connectivity index (χ1) is 9.89. The SMILES string of the molecule is CN1CCC(C)(CNCC(O)c2ccc(F)c(F)c2)CC1. The van der Waals surface area contributed by atoms with Gasteiger partial charge in [-0.2, -0.15) is 0 Å². The van der Waals surface area contributed by atoms with E-state index in [1.165, 1.54) is 6.07 Å². The summed E-state index contributed by atoms with van der Waals surface area (Å²) in [4.78, 5) is 2.32. The maximum Gasteiger partial charge on any atom is 0.159 e. The van der Waals surface area contributed by atoms with Crippen LogP contribution in [0.4, 0.5) is 8.78 Å². The largest absolute Gasteiger partial charge is 0.387 e. The Labute approximate surface area is 125 Å². The predicted molar refractivity (Wildman–Crippen MR) is 79.0 cm³/mol. The summed E-state index contributed by atoms with van der Waals surface area (Å²) in [6, 6.07) is 3.52. The number of aliphatic hydroxyl groups is 1. The molecule has 1 unspecified atom stereocenters. The van der Waals surface area contributed by atoms with Crippen LogP contribution in [0.25, 0.3) is 0 Å². The van der Waals surface area contributed by atoms with Gasteiger partial charge in [-0.3, -0.25) is 0 Å². The van der Waals surface area contributed by atoms with E-state index in [0.29, 0.717) is 12.1 Å². The first-order valence-electron chi connectivity index (χ1n) is 7.42. The Morgan fingerprint density at radius 2 is 1.95 bits per heavy atom. The summed E-state index contributed by atoms with van der Waals surface area (Å²) in [5.74, 6) is -1.81. The van der Waals surface area contributed by atoms with E-state index in [-0.39, 0.29) is 5.41 Å². The van der Waals surface area contributed by atoms with E-state index < -0.39 is 17.7 Å². The summed E-state index contributed by atoms with van der Waals surface area (Å²) in [7, 11) is 2.12. The van der Waals surface area contributed by atoms with Crippen molar-refractivity contribution in [3.05, 3.63) is 35.4 Å². The van der Waals surface area contributed by atoms with Crippen molar-refractivity contribution in [2.75, 3.05) is 33.2 Å². The number of nitrogens with one attached hydrogen (secondary N) is 1. The van der Waals surface area contributed by atoms with E-state index in [9.17, 15) is 13.9 Å². The summed E-state index contributed by atoms with van der Waals surface area (Å²) in [6.45, 7) is 5.59. The highest BCUT2D eigenvalue weighted by molar-refractivity contribution is 5.20. The molecule has 0 aliphatic carbocycles. The van der Waals surface area contributed by atoms with Crippen LogP contribution >= 0.6 is 0 Å². The van der Waals surface area contributed by atoms with Gasteiger partial charge in [-0.1, -0.05) is 13.0 Å². The van der Waals surface area contributed by atoms with Crippen molar-refractivity contribution in [2.45, 2.75) is 25.9 Å². The number of aliphatic hydroxyl groups excluding tert-OH is 1. The Bertz CT molecular complexity index is 473. The molecule has 3 nitrogen and oxygen atoms in total. The maximum absolute atomic E-state index is 13.1. The molecule has 0 radical (unpaired) electrons. The molecule has 5 heteroatoms. The van der Waals surface area contributed by atoms with E-state index in [4.69, 9.17) is 0 Å². The zero-order valence-corrected chi connectivity index (χ0v) is 12.7. The lowest BCUT2D eigenvalue weighted by Crippen LogP contribution is -2.42. The first-order valence-corrected chi connectivity index (χ1v) is 7.42. The summed E-state index contributed by atoms with van der Waals surface area (Å²) >= 11 is 0. The molecule has 1 aliphatic heterocycles. The molecule has 21 heavy (non-hydrogen) atoms. The molecular formula is C16H24F2N2O. The predicted octanol–water partition coefficient (Wildman–Crippen LogP) is 2.32. The van der Waals surface area contributed by atoms with Gasteiger partial charge >= 0.3 is 0 Å². The van der Waals surface area contributed by atoms with Gasteiger partial charge in [-0.15, -0.1) is 0 Å². The third-order valence-corrected chi connectivity index (χ3v) is 4.41. The second kappa shape index (κ2) is 6.81. The summed E-state index contributed by atoms with van der Waals surface area (Å²) in [5.41, 5.74) is 0.634. The number of piperidine rings is 1. The fourth-order valence-corrected chi connectivity index (χ4v) is 2.68. The minimum absolute atomic E-state index is 0.236. The van der Waals surface area contributed by atoms with Crippen LogP contribution in [-0.2, 0) is 0 Å². The molecule has 1 aromatic carbocycles. The van der Waals surface area contributed by atoms with Gasteiger partial charge < -0.3 is 15.3 Å². The number of benzene rings is 1. The standard InChI is InChI=1S/C16H24F2N2O/c1-16(5-7-20(2)8-6-16)11-19-10-15(21)12-3-4-13(17)14(18)9-12/h3-4,9,15,19,21H,5-8,10-11H2,1-2H3. The lowest BCUT2D eigenvalue weighted by molar-refractivity contribution is 0.124. The van der Waals surface area contributed by atoms with Crippen molar-refractivity contribution in [3.63, 3.8) is 0 Å². The zero-order chi connectivity index (χ0) is 15.5. The van der Waals surface area contributed by atoms with E-state index in [1.54, 1.807) is 0 Å². The van der Waals surface area contributed by atoms with E-state index in [0.717, 1.165) is 44.6 Å². The molecule has 1 atom stereocenters. The van der Waals surface area contributed by atoms with Crippen LogP contribution in [0.5, 0.6) is 0 Å². The van der Waals surface area contributed by atoms with Crippen molar-refractivity contribution in [2.24, 2.45) is 5.41 Å². The number of nitrogens with zero attached hydrogens (tertiary/aromatic N) is 1. The molecule has 1 heterocycles. The monoisotopic (exact) mass is 298 g/mol. The van der Waals surface area contributed by atoms with Gasteiger partial charge in [-0.05, 0) is 56.1 Å². The van der Waals surface area contributed by atoms with Crippen LogP contribution in [0.1, 0.15) is 31.4 Å². The van der Waals surface area contributed by atoms with Crippen LogP contribution < -0.4 is 5.32 Å². The highest BCUT2D eigenvalue weighted by Crippen LogP contribution is 2.29. The lowest BCUT2D eigenvalue weighted by atomic mass is 9.80. The van der Waals surface area contributed by atoms with Crippen LogP contribution in [-0.4, -0.2) is 43.2 Å². The highest BCUT2D eigenvalue weighted by Gasteiger charge is 2.28. The van der Waals surface area contributed by atoms with Gasteiger partial charge in [0.2, 0.25) is 0 Å². The minimum atomic E-state index is -0.922. The van der Waals surface area contributed by atoms with Crippen molar-refractivity contribution in [1.29, 1.82) is 0 Å². The molecule has 1 aromatic rings. The molecule has 0 spiro atoms. The zero-order valence-electron chi connectivity index (χ0n) is 12.7. The first kappa shape index (κ1) is 16.3. The van der Waals surface area contributed by atoms with Gasteiger partial charge in [0.15, 0.2) is 11.6 Å². The minimum Gasteiger partial charge on any atom is -0.387 e. The third-order valence-electron chi connectivity index (χ3n) is 4.41. The molecule has 0 aromatic heterocycles. The molecule has 0 amide bonds. The van der Waals surface area contributed by atoms with Crippen LogP contribution in [0.3, 0.4) is 0 Å². The Hall–Kier alpha value is -1.04. The average Bonchev–Trinajstić information content (AvgIpc) is 2.45. The molecule has 1 saturated heterocycles. The second-order valence-corrected chi connectivity index (χ2v) is 6.43. The van der Waals surface area contributed by atoms with Gasteiger partial charge in [-0.25, -0.2) is 8.78 Å². The number of hydrogen-bond acceptors (Lipinski definition) is 3. The van der Waals surface area contributed by atoms with Crippen molar-refractivity contribution in [3.8, 4) is 0 Å². The highest BCUT2D eigenvalue weighted by atomic mass is 19.2. The van der Waals surface area contributed by atoms with E-state index in [1.807, 2.05) is 0 Å². The van der Waals surface area contributed by atoms with Gasteiger partial charge in [0.25, 0.3) is 0 Å². The van der Waals surface area contributed by atoms with Crippen LogP contribution in [0.15, 0.2) is 18.2 Å². The van der Waals surface area contributed by atoms with Gasteiger partial charge in [0, 0.05) is 13.1 Å². The Morgan fingerprint density at radius 3 is 2.57 bits per heavy atom. The van der Waals surface area contributed by atoms with Crippen molar-refractivity contribution in [1.82, 2.24) is 10.2 Å². The molecule has 0 bridgehead atoms. The second-order valence-electron chi connectivity index (χ2n) is 6.43. The fourth-order valence-electron chi connectivity index (χ4n) is 2.68. The smallest absolute Gasteiger partial charge is 0.159 e. The molecule has 1 fully saturated rings. The summed E-state index contributed by atoms with van der Waals surface area (Å²) in [5, 5.41) is 13.3. The number of hydrogen-bond donors (Lipinski definition) is 2. The Balaban J connectivity index is 1.81. The Kier molecular flexibility index (Phi) is 5.30. The maximum atomic E-state index is 13.1. The van der Waals surface area contributed by atoms with Crippen molar-refractivity contribution < 1.29 is 13.9 Å². The Morgan fingerprint density at radius 1 is 1.29 bits per heavy atom. The quantitative estimate of drug-likeness (QED) is 0.876. The van der Waals surface area contributed by atoms with Crippen LogP contribution in [0, 0.1) is 17.0 Å². The van der Waals surface area contributed by atoms with E-state index in [2.05, 4.69) is 24.2 Å². The van der Waals surface area contributed by atoms with E-state index >= 15 is 0 Å². The number of likely N-dealkylation sites (tertiary alicyclic amines) is 1. The topological polar surface area (TPSA) is 35.5 Å². The molecule has 0 saturated carbocycles. The summed E-state index contributed by atoms with van der Waals surface area (Å²) < 4.78 is 26.0. The van der Waals surface area contributed by atoms with Gasteiger partial charge in [0.05, 0.1) is 6.10 Å². The lowest BCUT2D eigenvalue weighted by Gasteiger charge is -2.38. The summed E-state index contributed by atoms with van der Waals surface area (Å²) in [6.07, 6.45) is 1.42. The number of rotatable bonds is 5. The average molecular weight is 298 g/mol. The molecule has 1 aliphatic rings. The molecule has 118 valence electrons. The molecule has 2 rings (SSSR count). The van der Waals surface area contributed by atoms with Crippen LogP contribution in [0.2, 0.25) is 0 Å². The molecule has 2 N–H and O–H groups in total. The molecular weight excluding hydrogens is 274 g/mol. The fraction of sp³-hybridized carbons (Fsp3) is 0.625. The number of halogens is 2. The van der Waals surface area contributed by atoms with Crippen molar-refractivity contribution >= 4 is 0 Å². The van der Waals surface area contributed by atoms with Gasteiger partial charge in [0.1, 0.15) is 0 Å².